The van der Waals surface area contributed by atoms with E-state index >= 15 is 0 Å². The van der Waals surface area contributed by atoms with Gasteiger partial charge in [-0.25, -0.2) is 0 Å². The van der Waals surface area contributed by atoms with Crippen LogP contribution in [-0.4, -0.2) is 27.8 Å². The van der Waals surface area contributed by atoms with E-state index in [0.29, 0.717) is 5.88 Å². The lowest BCUT2D eigenvalue weighted by Crippen LogP contribution is -2.19. The Morgan fingerprint density at radius 1 is 0.964 bits per heavy atom. The van der Waals surface area contributed by atoms with Crippen molar-refractivity contribution < 1.29 is 4.52 Å². The summed E-state index contributed by atoms with van der Waals surface area (Å²) in [4.78, 5) is 9.01. The van der Waals surface area contributed by atoms with Crippen molar-refractivity contribution in [2.75, 3.05) is 0 Å². The van der Waals surface area contributed by atoms with Gasteiger partial charge in [-0.2, -0.15) is 0 Å². The quantitative estimate of drug-likeness (QED) is 0.485. The molecular weight excluding hydrogens is 372 g/mol. The molecule has 0 N–H and O–H groups in total. The first-order chi connectivity index (χ1) is 13.2. The SMILES string of the molecule is CC1(Cc2cn(-c3cc(-c4ccccc4)no3)c3ccccc23)N=CC=N1.Cl. The van der Waals surface area contributed by atoms with E-state index in [1.54, 1.807) is 12.4 Å². The summed E-state index contributed by atoms with van der Waals surface area (Å²) in [5.74, 6) is 0.694. The maximum absolute atomic E-state index is 5.68. The molecule has 2 aromatic heterocycles. The van der Waals surface area contributed by atoms with Gasteiger partial charge in [-0.05, 0) is 18.6 Å². The fourth-order valence-electron chi connectivity index (χ4n) is 3.57. The van der Waals surface area contributed by atoms with Crippen molar-refractivity contribution in [3.05, 3.63) is 72.4 Å². The highest BCUT2D eigenvalue weighted by atomic mass is 35.5. The molecule has 5 nitrogen and oxygen atoms in total. The molecule has 3 heterocycles. The summed E-state index contributed by atoms with van der Waals surface area (Å²) in [7, 11) is 0. The first-order valence-electron chi connectivity index (χ1n) is 8.92. The zero-order chi connectivity index (χ0) is 18.3. The van der Waals surface area contributed by atoms with E-state index in [-0.39, 0.29) is 12.4 Å². The van der Waals surface area contributed by atoms with Crippen LogP contribution in [0, 0.1) is 0 Å². The average molecular weight is 391 g/mol. The molecule has 5 rings (SSSR count). The molecule has 0 amide bonds. The largest absolute Gasteiger partial charge is 0.337 e. The molecule has 0 atom stereocenters. The van der Waals surface area contributed by atoms with Crippen LogP contribution in [0.2, 0.25) is 0 Å². The topological polar surface area (TPSA) is 55.7 Å². The van der Waals surface area contributed by atoms with Gasteiger partial charge in [0, 0.05) is 42.1 Å². The number of hydrogen-bond acceptors (Lipinski definition) is 4. The Hall–Kier alpha value is -3.18. The Morgan fingerprint density at radius 2 is 1.68 bits per heavy atom. The van der Waals surface area contributed by atoms with Crippen molar-refractivity contribution in [2.24, 2.45) is 9.98 Å². The predicted octanol–water partition coefficient (Wildman–Crippen LogP) is 5.12. The number of aliphatic imine (C=N–C) groups is 2. The molecule has 0 saturated carbocycles. The molecule has 1 aliphatic rings. The summed E-state index contributed by atoms with van der Waals surface area (Å²) in [6, 6.07) is 20.3. The fourth-order valence-corrected chi connectivity index (χ4v) is 3.57. The third-order valence-corrected chi connectivity index (χ3v) is 4.90. The molecule has 0 saturated heterocycles. The zero-order valence-corrected chi connectivity index (χ0v) is 16.1. The zero-order valence-electron chi connectivity index (χ0n) is 15.3. The van der Waals surface area contributed by atoms with Crippen LogP contribution >= 0.6 is 12.4 Å². The van der Waals surface area contributed by atoms with E-state index < -0.39 is 5.66 Å². The first-order valence-corrected chi connectivity index (χ1v) is 8.92. The highest BCUT2D eigenvalue weighted by Gasteiger charge is 2.26. The Labute approximate surface area is 168 Å². The van der Waals surface area contributed by atoms with Gasteiger partial charge < -0.3 is 4.52 Å². The summed E-state index contributed by atoms with van der Waals surface area (Å²) < 4.78 is 7.73. The summed E-state index contributed by atoms with van der Waals surface area (Å²) in [5.41, 5.74) is 3.68. The number of nitrogens with zero attached hydrogens (tertiary/aromatic N) is 4. The highest BCUT2D eigenvalue weighted by Crippen LogP contribution is 2.31. The predicted molar refractivity (Wildman–Crippen MR) is 115 cm³/mol. The van der Waals surface area contributed by atoms with Crippen LogP contribution in [0.4, 0.5) is 0 Å². The van der Waals surface area contributed by atoms with Gasteiger partial charge in [0.1, 0.15) is 5.69 Å². The minimum Gasteiger partial charge on any atom is -0.337 e. The number of aromatic nitrogens is 2. The number of rotatable bonds is 4. The van der Waals surface area contributed by atoms with E-state index in [1.807, 2.05) is 49.4 Å². The van der Waals surface area contributed by atoms with Gasteiger partial charge in [0.15, 0.2) is 5.66 Å². The molecule has 28 heavy (non-hydrogen) atoms. The highest BCUT2D eigenvalue weighted by molar-refractivity contribution is 6.17. The summed E-state index contributed by atoms with van der Waals surface area (Å²) in [6.07, 6.45) is 6.37. The third-order valence-electron chi connectivity index (χ3n) is 4.90. The smallest absolute Gasteiger partial charge is 0.236 e. The van der Waals surface area contributed by atoms with Gasteiger partial charge >= 0.3 is 0 Å². The van der Waals surface area contributed by atoms with Crippen LogP contribution in [0.1, 0.15) is 12.5 Å². The molecular formula is C22H19ClN4O. The molecule has 0 bridgehead atoms. The number of para-hydroxylation sites is 1. The minimum absolute atomic E-state index is 0. The Bertz CT molecular complexity index is 1160. The molecule has 6 heteroatoms. The van der Waals surface area contributed by atoms with Crippen LogP contribution in [-0.2, 0) is 6.42 Å². The van der Waals surface area contributed by atoms with Crippen LogP contribution < -0.4 is 0 Å². The van der Waals surface area contributed by atoms with Crippen molar-refractivity contribution in [1.82, 2.24) is 9.72 Å². The summed E-state index contributed by atoms with van der Waals surface area (Å²) in [6.45, 7) is 2.04. The lowest BCUT2D eigenvalue weighted by Gasteiger charge is -2.16. The van der Waals surface area contributed by atoms with Gasteiger partial charge in [-0.15, -0.1) is 12.4 Å². The molecule has 0 radical (unpaired) electrons. The number of fused-ring (bicyclic) bond motifs is 1. The first kappa shape index (κ1) is 18.2. The standard InChI is InChI=1S/C22H18N4O.ClH/c1-22(23-11-12-24-22)14-17-15-26(20-10-6-5-9-18(17)20)21-13-19(25-27-21)16-7-3-2-4-8-16;/h2-13,15H,14H2,1H3;1H. The van der Waals surface area contributed by atoms with Crippen molar-refractivity contribution in [3.63, 3.8) is 0 Å². The molecule has 0 spiro atoms. The van der Waals surface area contributed by atoms with Crippen molar-refractivity contribution in [3.8, 4) is 17.1 Å². The molecule has 0 unspecified atom stereocenters. The second kappa shape index (κ2) is 7.09. The van der Waals surface area contributed by atoms with Gasteiger partial charge in [0.2, 0.25) is 5.88 Å². The van der Waals surface area contributed by atoms with Crippen LogP contribution in [0.5, 0.6) is 0 Å². The second-order valence-electron chi connectivity index (χ2n) is 6.91. The molecule has 4 aromatic rings. The second-order valence-corrected chi connectivity index (χ2v) is 6.91. The van der Waals surface area contributed by atoms with E-state index in [1.165, 1.54) is 10.9 Å². The third kappa shape index (κ3) is 3.14. The lowest BCUT2D eigenvalue weighted by molar-refractivity contribution is 0.410. The molecule has 2 aromatic carbocycles. The van der Waals surface area contributed by atoms with Crippen molar-refractivity contribution in [1.29, 1.82) is 0 Å². The molecule has 0 fully saturated rings. The van der Waals surface area contributed by atoms with Crippen molar-refractivity contribution in [2.45, 2.75) is 19.0 Å². The fraction of sp³-hybridized carbons (Fsp3) is 0.136. The van der Waals surface area contributed by atoms with Gasteiger partial charge in [0.25, 0.3) is 0 Å². The normalized spacial score (nSPS) is 14.5. The maximum atomic E-state index is 5.68. The molecule has 0 aliphatic carbocycles. The van der Waals surface area contributed by atoms with E-state index in [2.05, 4.69) is 44.1 Å². The van der Waals surface area contributed by atoms with Gasteiger partial charge in [-0.1, -0.05) is 53.7 Å². The van der Waals surface area contributed by atoms with Gasteiger partial charge in [0.05, 0.1) is 5.52 Å². The summed E-state index contributed by atoms with van der Waals surface area (Å²) >= 11 is 0. The van der Waals surface area contributed by atoms with Gasteiger partial charge in [-0.3, -0.25) is 14.6 Å². The molecule has 140 valence electrons. The van der Waals surface area contributed by atoms with Crippen LogP contribution in [0.3, 0.4) is 0 Å². The Balaban J connectivity index is 0.00000192. The number of hydrogen-bond donors (Lipinski definition) is 0. The monoisotopic (exact) mass is 390 g/mol. The molecule has 1 aliphatic heterocycles. The average Bonchev–Trinajstić information content (AvgIpc) is 3.42. The van der Waals surface area contributed by atoms with Crippen LogP contribution in [0.25, 0.3) is 28.0 Å². The van der Waals surface area contributed by atoms with E-state index in [4.69, 9.17) is 4.52 Å². The lowest BCUT2D eigenvalue weighted by atomic mass is 10.0. The minimum atomic E-state index is -0.439. The Morgan fingerprint density at radius 3 is 2.46 bits per heavy atom. The van der Waals surface area contributed by atoms with E-state index in [9.17, 15) is 0 Å². The van der Waals surface area contributed by atoms with Crippen molar-refractivity contribution >= 4 is 35.7 Å². The van der Waals surface area contributed by atoms with E-state index in [0.717, 1.165) is 23.2 Å². The number of halogens is 1. The number of benzene rings is 2. The Kier molecular flexibility index (Phi) is 4.61. The van der Waals surface area contributed by atoms with Crippen LogP contribution in [0.15, 0.2) is 81.4 Å². The maximum Gasteiger partial charge on any atom is 0.236 e. The summed E-state index contributed by atoms with van der Waals surface area (Å²) in [5, 5.41) is 5.43.